The summed E-state index contributed by atoms with van der Waals surface area (Å²) >= 11 is 0. The summed E-state index contributed by atoms with van der Waals surface area (Å²) in [6.07, 6.45) is 2.75. The summed E-state index contributed by atoms with van der Waals surface area (Å²) < 4.78 is 1.90. The van der Waals surface area contributed by atoms with Crippen molar-refractivity contribution in [2.75, 3.05) is 6.54 Å². The minimum atomic E-state index is -0.292. The second-order valence-electron chi connectivity index (χ2n) is 5.60. The molecule has 2 rings (SSSR count). The van der Waals surface area contributed by atoms with E-state index < -0.39 is 0 Å². The molecule has 0 saturated carbocycles. The quantitative estimate of drug-likeness (QED) is 0.823. The Kier molecular flexibility index (Phi) is 5.53. The van der Waals surface area contributed by atoms with Crippen LogP contribution in [-0.4, -0.2) is 27.5 Å². The van der Waals surface area contributed by atoms with Gasteiger partial charge in [-0.25, -0.2) is 4.68 Å². The Morgan fingerprint density at radius 2 is 2.00 bits per heavy atom. The molecule has 2 atom stereocenters. The van der Waals surface area contributed by atoms with Gasteiger partial charge in [-0.05, 0) is 25.0 Å². The van der Waals surface area contributed by atoms with Crippen LogP contribution in [-0.2, 0) is 6.54 Å². The molecule has 1 heterocycles. The summed E-state index contributed by atoms with van der Waals surface area (Å²) in [5.74, 6) is 0.325. The number of nitrogens with one attached hydrogen (secondary N) is 1. The van der Waals surface area contributed by atoms with Crippen LogP contribution in [0.3, 0.4) is 0 Å². The average Bonchev–Trinajstić information content (AvgIpc) is 2.88. The monoisotopic (exact) mass is 287 g/mol. The van der Waals surface area contributed by atoms with Gasteiger partial charge in [-0.15, -0.1) is 0 Å². The van der Waals surface area contributed by atoms with Gasteiger partial charge >= 0.3 is 0 Å². The minimum Gasteiger partial charge on any atom is -0.392 e. The molecule has 0 aliphatic rings. The Morgan fingerprint density at radius 1 is 1.29 bits per heavy atom. The van der Waals surface area contributed by atoms with Crippen molar-refractivity contribution in [2.45, 2.75) is 39.8 Å². The third-order valence-electron chi connectivity index (χ3n) is 3.99. The van der Waals surface area contributed by atoms with Crippen LogP contribution in [0.1, 0.15) is 31.5 Å². The van der Waals surface area contributed by atoms with E-state index in [-0.39, 0.29) is 6.10 Å². The van der Waals surface area contributed by atoms with Crippen LogP contribution in [0.5, 0.6) is 0 Å². The number of aryl methyl sites for hydroxylation is 1. The lowest BCUT2D eigenvalue weighted by atomic mass is 10.0. The van der Waals surface area contributed by atoms with Gasteiger partial charge in [0.1, 0.15) is 0 Å². The first-order valence-corrected chi connectivity index (χ1v) is 7.61. The van der Waals surface area contributed by atoms with E-state index in [0.717, 1.165) is 29.9 Å². The Bertz CT molecular complexity index is 550. The topological polar surface area (TPSA) is 50.1 Å². The predicted molar refractivity (Wildman–Crippen MR) is 85.5 cm³/mol. The van der Waals surface area contributed by atoms with E-state index in [2.05, 4.69) is 24.3 Å². The molecule has 0 aliphatic heterocycles. The molecule has 114 valence electrons. The normalized spacial score (nSPS) is 14.1. The first-order valence-electron chi connectivity index (χ1n) is 7.61. The van der Waals surface area contributed by atoms with Crippen LogP contribution in [0.2, 0.25) is 0 Å². The van der Waals surface area contributed by atoms with Crippen LogP contribution < -0.4 is 5.32 Å². The molecule has 2 N–H and O–H groups in total. The van der Waals surface area contributed by atoms with Gasteiger partial charge in [0.15, 0.2) is 0 Å². The highest BCUT2D eigenvalue weighted by atomic mass is 16.3. The minimum absolute atomic E-state index is 0.292. The molecule has 0 bridgehead atoms. The Hall–Kier alpha value is -1.65. The molecule has 0 amide bonds. The van der Waals surface area contributed by atoms with E-state index >= 15 is 0 Å². The summed E-state index contributed by atoms with van der Waals surface area (Å²) in [7, 11) is 0. The van der Waals surface area contributed by atoms with Crippen LogP contribution in [0.4, 0.5) is 0 Å². The molecule has 1 aromatic carbocycles. The SMILES string of the molecule is CCC(C)C(O)CNCc1cn(-c2ccccc2)nc1C. The highest BCUT2D eigenvalue weighted by molar-refractivity contribution is 5.32. The van der Waals surface area contributed by atoms with E-state index in [1.165, 1.54) is 0 Å². The molecule has 0 fully saturated rings. The second-order valence-corrected chi connectivity index (χ2v) is 5.60. The Morgan fingerprint density at radius 3 is 2.67 bits per heavy atom. The van der Waals surface area contributed by atoms with Gasteiger partial charge in [0.2, 0.25) is 0 Å². The fraction of sp³-hybridized carbons (Fsp3) is 0.471. The van der Waals surface area contributed by atoms with Crippen molar-refractivity contribution in [3.8, 4) is 5.69 Å². The zero-order chi connectivity index (χ0) is 15.2. The summed E-state index contributed by atoms with van der Waals surface area (Å²) in [6.45, 7) is 7.53. The van der Waals surface area contributed by atoms with Crippen molar-refractivity contribution in [3.63, 3.8) is 0 Å². The van der Waals surface area contributed by atoms with Crippen molar-refractivity contribution in [3.05, 3.63) is 47.8 Å². The number of aromatic nitrogens is 2. The highest BCUT2D eigenvalue weighted by Gasteiger charge is 2.12. The zero-order valence-corrected chi connectivity index (χ0v) is 13.1. The molecule has 0 spiro atoms. The van der Waals surface area contributed by atoms with Crippen molar-refractivity contribution >= 4 is 0 Å². The van der Waals surface area contributed by atoms with Crippen LogP contribution in [0, 0.1) is 12.8 Å². The van der Waals surface area contributed by atoms with Gasteiger partial charge < -0.3 is 10.4 Å². The van der Waals surface area contributed by atoms with E-state index in [1.54, 1.807) is 0 Å². The summed E-state index contributed by atoms with van der Waals surface area (Å²) in [4.78, 5) is 0. The maximum Gasteiger partial charge on any atom is 0.0690 e. The molecular weight excluding hydrogens is 262 g/mol. The van der Waals surface area contributed by atoms with E-state index in [0.29, 0.717) is 12.5 Å². The summed E-state index contributed by atoms with van der Waals surface area (Å²) in [6, 6.07) is 10.1. The fourth-order valence-corrected chi connectivity index (χ4v) is 2.21. The number of para-hydroxylation sites is 1. The molecule has 0 aliphatic carbocycles. The first-order chi connectivity index (χ1) is 10.1. The maximum atomic E-state index is 9.96. The van der Waals surface area contributed by atoms with Crippen LogP contribution in [0.15, 0.2) is 36.5 Å². The van der Waals surface area contributed by atoms with Crippen molar-refractivity contribution in [1.82, 2.24) is 15.1 Å². The van der Waals surface area contributed by atoms with Crippen LogP contribution in [0.25, 0.3) is 5.69 Å². The number of rotatable bonds is 7. The van der Waals surface area contributed by atoms with Gasteiger partial charge in [-0.2, -0.15) is 5.10 Å². The molecule has 1 aromatic heterocycles. The van der Waals surface area contributed by atoms with E-state index in [1.807, 2.05) is 48.1 Å². The van der Waals surface area contributed by atoms with Gasteiger partial charge in [0.25, 0.3) is 0 Å². The third kappa shape index (κ3) is 4.16. The number of nitrogens with zero attached hydrogens (tertiary/aromatic N) is 2. The number of benzene rings is 1. The summed E-state index contributed by atoms with van der Waals surface area (Å²) in [5.41, 5.74) is 3.24. The lowest BCUT2D eigenvalue weighted by Gasteiger charge is -2.17. The molecule has 0 saturated heterocycles. The number of hydrogen-bond acceptors (Lipinski definition) is 3. The summed E-state index contributed by atoms with van der Waals surface area (Å²) in [5, 5.41) is 17.8. The predicted octanol–water partition coefficient (Wildman–Crippen LogP) is 2.68. The molecule has 2 unspecified atom stereocenters. The molecular formula is C17H25N3O. The molecule has 4 nitrogen and oxygen atoms in total. The second kappa shape index (κ2) is 7.38. The molecule has 2 aromatic rings. The van der Waals surface area contributed by atoms with Gasteiger partial charge in [0, 0.05) is 24.8 Å². The zero-order valence-electron chi connectivity index (χ0n) is 13.1. The van der Waals surface area contributed by atoms with Crippen molar-refractivity contribution < 1.29 is 5.11 Å². The van der Waals surface area contributed by atoms with Gasteiger partial charge in [-0.3, -0.25) is 0 Å². The van der Waals surface area contributed by atoms with Gasteiger partial charge in [0.05, 0.1) is 17.5 Å². The lowest BCUT2D eigenvalue weighted by Crippen LogP contribution is -2.31. The standard InChI is InChI=1S/C17H25N3O/c1-4-13(2)17(21)11-18-10-15-12-20(19-14(15)3)16-8-6-5-7-9-16/h5-9,12-13,17-18,21H,4,10-11H2,1-3H3. The van der Waals surface area contributed by atoms with Crippen molar-refractivity contribution in [1.29, 1.82) is 0 Å². The Labute approximate surface area is 126 Å². The Balaban J connectivity index is 1.94. The number of hydrogen-bond donors (Lipinski definition) is 2. The smallest absolute Gasteiger partial charge is 0.0690 e. The average molecular weight is 287 g/mol. The van der Waals surface area contributed by atoms with Crippen LogP contribution >= 0.6 is 0 Å². The molecule has 4 heteroatoms. The fourth-order valence-electron chi connectivity index (χ4n) is 2.21. The molecule has 0 radical (unpaired) electrons. The van der Waals surface area contributed by atoms with E-state index in [9.17, 15) is 5.11 Å². The maximum absolute atomic E-state index is 9.96. The first kappa shape index (κ1) is 15.7. The third-order valence-corrected chi connectivity index (χ3v) is 3.99. The highest BCUT2D eigenvalue weighted by Crippen LogP contribution is 2.12. The lowest BCUT2D eigenvalue weighted by molar-refractivity contribution is 0.113. The largest absolute Gasteiger partial charge is 0.392 e. The van der Waals surface area contributed by atoms with E-state index in [4.69, 9.17) is 0 Å². The van der Waals surface area contributed by atoms with Crippen molar-refractivity contribution in [2.24, 2.45) is 5.92 Å². The number of aliphatic hydroxyl groups is 1. The molecule has 21 heavy (non-hydrogen) atoms. The van der Waals surface area contributed by atoms with Gasteiger partial charge in [-0.1, -0.05) is 38.5 Å². The number of aliphatic hydroxyl groups excluding tert-OH is 1.